The van der Waals surface area contributed by atoms with E-state index in [-0.39, 0.29) is 30.8 Å². The van der Waals surface area contributed by atoms with E-state index in [1.54, 1.807) is 6.08 Å². The largest absolute Gasteiger partial charge is 0.454 e. The van der Waals surface area contributed by atoms with Crippen LogP contribution >= 0.6 is 0 Å². The molecular formula is C23H30N2O4. The predicted octanol–water partition coefficient (Wildman–Crippen LogP) is 4.63. The number of urea groups is 1. The fourth-order valence-corrected chi connectivity index (χ4v) is 4.54. The van der Waals surface area contributed by atoms with Gasteiger partial charge in [-0.3, -0.25) is 9.69 Å². The highest BCUT2D eigenvalue weighted by molar-refractivity contribution is 6.02. The van der Waals surface area contributed by atoms with E-state index < -0.39 is 0 Å². The SMILES string of the molecule is O=C(/C=C/c1ccc2c(c1)OCO2)N(C(=O)NC1CCCCC1)C1CCCCC1. The standard InChI is InChI=1S/C23H30N2O4/c26-22(14-12-17-11-13-20-21(15-17)29-16-28-20)25(19-9-5-2-6-10-19)23(27)24-18-7-3-1-4-8-18/h11-15,18-19H,1-10,16H2,(H,24,27)/b14-12+. The number of carbonyl (C=O) groups excluding carboxylic acids is 2. The van der Waals surface area contributed by atoms with Crippen LogP contribution in [-0.2, 0) is 4.79 Å². The Morgan fingerprint density at radius 2 is 1.62 bits per heavy atom. The first-order valence-corrected chi connectivity index (χ1v) is 10.9. The summed E-state index contributed by atoms with van der Waals surface area (Å²) in [5, 5.41) is 3.13. The maximum Gasteiger partial charge on any atom is 0.324 e. The van der Waals surface area contributed by atoms with Gasteiger partial charge in [0.2, 0.25) is 6.79 Å². The summed E-state index contributed by atoms with van der Waals surface area (Å²) in [6.45, 7) is 0.220. The number of ether oxygens (including phenoxy) is 2. The summed E-state index contributed by atoms with van der Waals surface area (Å²) >= 11 is 0. The number of carbonyl (C=O) groups is 2. The molecule has 29 heavy (non-hydrogen) atoms. The van der Waals surface area contributed by atoms with Gasteiger partial charge in [0, 0.05) is 18.2 Å². The first-order valence-electron chi connectivity index (χ1n) is 10.9. The van der Waals surface area contributed by atoms with Crippen molar-refractivity contribution in [2.75, 3.05) is 6.79 Å². The molecule has 0 bridgehead atoms. The van der Waals surface area contributed by atoms with E-state index in [0.717, 1.165) is 56.9 Å². The van der Waals surface area contributed by atoms with Crippen LogP contribution in [-0.4, -0.2) is 35.7 Å². The van der Waals surface area contributed by atoms with Crippen molar-refractivity contribution in [3.05, 3.63) is 29.8 Å². The van der Waals surface area contributed by atoms with Crippen molar-refractivity contribution in [1.29, 1.82) is 0 Å². The van der Waals surface area contributed by atoms with Crippen LogP contribution in [0.15, 0.2) is 24.3 Å². The van der Waals surface area contributed by atoms with Gasteiger partial charge in [0.15, 0.2) is 11.5 Å². The molecule has 1 aromatic carbocycles. The van der Waals surface area contributed by atoms with Crippen LogP contribution in [0.2, 0.25) is 0 Å². The number of imide groups is 1. The van der Waals surface area contributed by atoms with Gasteiger partial charge in [0.1, 0.15) is 0 Å². The normalized spacial score (nSPS) is 20.0. The Morgan fingerprint density at radius 3 is 2.38 bits per heavy atom. The monoisotopic (exact) mass is 398 g/mol. The van der Waals surface area contributed by atoms with Crippen molar-refractivity contribution in [3.8, 4) is 11.5 Å². The molecule has 3 aliphatic rings. The van der Waals surface area contributed by atoms with E-state index in [4.69, 9.17) is 9.47 Å². The number of fused-ring (bicyclic) bond motifs is 1. The van der Waals surface area contributed by atoms with Crippen LogP contribution in [0.4, 0.5) is 4.79 Å². The first-order chi connectivity index (χ1) is 14.2. The van der Waals surface area contributed by atoms with Crippen molar-refractivity contribution >= 4 is 18.0 Å². The molecule has 2 saturated carbocycles. The minimum atomic E-state index is -0.247. The lowest BCUT2D eigenvalue weighted by atomic mass is 9.93. The summed E-state index contributed by atoms with van der Waals surface area (Å²) in [4.78, 5) is 27.6. The molecule has 0 atom stereocenters. The van der Waals surface area contributed by atoms with Crippen LogP contribution < -0.4 is 14.8 Å². The van der Waals surface area contributed by atoms with Gasteiger partial charge in [-0.05, 0) is 49.5 Å². The number of benzene rings is 1. The van der Waals surface area contributed by atoms with Gasteiger partial charge < -0.3 is 14.8 Å². The third-order valence-electron chi connectivity index (χ3n) is 6.14. The summed E-state index contributed by atoms with van der Waals surface area (Å²) in [5.41, 5.74) is 0.846. The Balaban J connectivity index is 1.46. The van der Waals surface area contributed by atoms with Crippen molar-refractivity contribution in [2.24, 2.45) is 0 Å². The number of hydrogen-bond donors (Lipinski definition) is 1. The molecule has 0 radical (unpaired) electrons. The molecule has 2 aliphatic carbocycles. The second-order valence-electron chi connectivity index (χ2n) is 8.23. The predicted molar refractivity (Wildman–Crippen MR) is 111 cm³/mol. The maximum atomic E-state index is 13.1. The molecule has 1 N–H and O–H groups in total. The quantitative estimate of drug-likeness (QED) is 0.751. The van der Waals surface area contributed by atoms with E-state index >= 15 is 0 Å². The fourth-order valence-electron chi connectivity index (χ4n) is 4.54. The second kappa shape index (κ2) is 9.33. The van der Waals surface area contributed by atoms with Crippen molar-refractivity contribution in [2.45, 2.75) is 76.3 Å². The van der Waals surface area contributed by atoms with Crippen molar-refractivity contribution < 1.29 is 19.1 Å². The van der Waals surface area contributed by atoms with E-state index in [0.29, 0.717) is 11.5 Å². The minimum absolute atomic E-state index is 0.0127. The first kappa shape index (κ1) is 19.8. The molecule has 1 heterocycles. The maximum absolute atomic E-state index is 13.1. The molecule has 1 aliphatic heterocycles. The molecule has 0 unspecified atom stereocenters. The number of nitrogens with zero attached hydrogens (tertiary/aromatic N) is 1. The smallest absolute Gasteiger partial charge is 0.324 e. The lowest BCUT2D eigenvalue weighted by Crippen LogP contribution is -2.52. The average Bonchev–Trinajstić information content (AvgIpc) is 3.22. The third-order valence-corrected chi connectivity index (χ3v) is 6.14. The van der Waals surface area contributed by atoms with E-state index in [1.165, 1.54) is 23.8 Å². The highest BCUT2D eigenvalue weighted by atomic mass is 16.7. The van der Waals surface area contributed by atoms with E-state index in [9.17, 15) is 9.59 Å². The highest BCUT2D eigenvalue weighted by Crippen LogP contribution is 2.33. The van der Waals surface area contributed by atoms with Gasteiger partial charge in [-0.15, -0.1) is 0 Å². The highest BCUT2D eigenvalue weighted by Gasteiger charge is 2.31. The Morgan fingerprint density at radius 1 is 0.931 bits per heavy atom. The molecule has 6 heteroatoms. The average molecular weight is 399 g/mol. The Kier molecular flexibility index (Phi) is 6.37. The summed E-state index contributed by atoms with van der Waals surface area (Å²) in [6.07, 6.45) is 13.9. The summed E-state index contributed by atoms with van der Waals surface area (Å²) < 4.78 is 10.7. The Bertz CT molecular complexity index is 764. The van der Waals surface area contributed by atoms with Crippen LogP contribution in [0.5, 0.6) is 11.5 Å². The van der Waals surface area contributed by atoms with E-state index in [1.807, 2.05) is 18.2 Å². The number of nitrogens with one attached hydrogen (secondary N) is 1. The van der Waals surface area contributed by atoms with Crippen molar-refractivity contribution in [1.82, 2.24) is 10.2 Å². The van der Waals surface area contributed by atoms with Gasteiger partial charge in [0.05, 0.1) is 0 Å². The van der Waals surface area contributed by atoms with Crippen LogP contribution in [0.1, 0.15) is 69.8 Å². The molecule has 0 saturated heterocycles. The van der Waals surface area contributed by atoms with Gasteiger partial charge in [0.25, 0.3) is 5.91 Å². The lowest BCUT2D eigenvalue weighted by molar-refractivity contribution is -0.125. The summed E-state index contributed by atoms with van der Waals surface area (Å²) in [5.74, 6) is 1.14. The zero-order valence-electron chi connectivity index (χ0n) is 16.9. The molecule has 0 aromatic heterocycles. The molecule has 2 fully saturated rings. The zero-order valence-corrected chi connectivity index (χ0v) is 16.9. The molecular weight excluding hydrogens is 368 g/mol. The van der Waals surface area contributed by atoms with Crippen LogP contribution in [0.25, 0.3) is 6.08 Å². The van der Waals surface area contributed by atoms with Crippen molar-refractivity contribution in [3.63, 3.8) is 0 Å². The Labute approximate surface area is 172 Å². The number of amides is 3. The minimum Gasteiger partial charge on any atom is -0.454 e. The second-order valence-corrected chi connectivity index (χ2v) is 8.23. The molecule has 1 aromatic rings. The van der Waals surface area contributed by atoms with Crippen LogP contribution in [0, 0.1) is 0 Å². The van der Waals surface area contributed by atoms with Crippen LogP contribution in [0.3, 0.4) is 0 Å². The van der Waals surface area contributed by atoms with Gasteiger partial charge >= 0.3 is 6.03 Å². The molecule has 3 amide bonds. The van der Waals surface area contributed by atoms with Gasteiger partial charge in [-0.1, -0.05) is 44.6 Å². The van der Waals surface area contributed by atoms with E-state index in [2.05, 4.69) is 5.32 Å². The fraction of sp³-hybridized carbons (Fsp3) is 0.565. The summed E-state index contributed by atoms with van der Waals surface area (Å²) in [7, 11) is 0. The van der Waals surface area contributed by atoms with Gasteiger partial charge in [-0.25, -0.2) is 4.79 Å². The lowest BCUT2D eigenvalue weighted by Gasteiger charge is -2.34. The molecule has 156 valence electrons. The molecule has 4 rings (SSSR count). The number of hydrogen-bond acceptors (Lipinski definition) is 4. The topological polar surface area (TPSA) is 67.9 Å². The Hall–Kier alpha value is -2.50. The van der Waals surface area contributed by atoms with Gasteiger partial charge in [-0.2, -0.15) is 0 Å². The zero-order chi connectivity index (χ0) is 20.1. The summed E-state index contributed by atoms with van der Waals surface area (Å²) in [6, 6.07) is 5.50. The third kappa shape index (κ3) is 4.92. The molecule has 6 nitrogen and oxygen atoms in total. The number of rotatable bonds is 4. The molecule has 0 spiro atoms.